The van der Waals surface area contributed by atoms with Crippen LogP contribution in [0.4, 0.5) is 0 Å². The first-order chi connectivity index (χ1) is 8.65. The van der Waals surface area contributed by atoms with Crippen molar-refractivity contribution >= 4 is 0 Å². The summed E-state index contributed by atoms with van der Waals surface area (Å²) >= 11 is 0. The minimum absolute atomic E-state index is 0.387. The van der Waals surface area contributed by atoms with Crippen molar-refractivity contribution in [1.29, 1.82) is 0 Å². The van der Waals surface area contributed by atoms with E-state index in [-0.39, 0.29) is 0 Å². The van der Waals surface area contributed by atoms with Gasteiger partial charge in [-0.1, -0.05) is 20.8 Å². The van der Waals surface area contributed by atoms with E-state index in [0.717, 1.165) is 26.2 Å². The van der Waals surface area contributed by atoms with Crippen LogP contribution in [0, 0.1) is 5.41 Å². The highest BCUT2D eigenvalue weighted by atomic mass is 16.5. The maximum atomic E-state index is 5.74. The van der Waals surface area contributed by atoms with Crippen LogP contribution >= 0.6 is 0 Å². The van der Waals surface area contributed by atoms with Crippen LogP contribution < -0.4 is 5.32 Å². The molecule has 0 aromatic heterocycles. The van der Waals surface area contributed by atoms with Crippen LogP contribution in [0.5, 0.6) is 0 Å². The van der Waals surface area contributed by atoms with E-state index in [4.69, 9.17) is 4.74 Å². The maximum Gasteiger partial charge on any atom is 0.0673 e. The first-order valence-electron chi connectivity index (χ1n) is 7.70. The Bertz CT molecular complexity index is 217. The van der Waals surface area contributed by atoms with Crippen LogP contribution in [-0.2, 0) is 4.74 Å². The fourth-order valence-electron chi connectivity index (χ4n) is 2.87. The van der Waals surface area contributed by atoms with Crippen LogP contribution in [0.25, 0.3) is 0 Å². The molecule has 1 atom stereocenters. The number of hydrogen-bond acceptors (Lipinski definition) is 3. The topological polar surface area (TPSA) is 24.5 Å². The summed E-state index contributed by atoms with van der Waals surface area (Å²) in [6.45, 7) is 15.7. The summed E-state index contributed by atoms with van der Waals surface area (Å²) in [5.41, 5.74) is 0.431. The number of nitrogens with one attached hydrogen (secondary N) is 1. The van der Waals surface area contributed by atoms with Gasteiger partial charge in [0, 0.05) is 32.8 Å². The van der Waals surface area contributed by atoms with Crippen LogP contribution in [0.2, 0.25) is 0 Å². The van der Waals surface area contributed by atoms with Crippen LogP contribution in [0.15, 0.2) is 0 Å². The lowest BCUT2D eigenvalue weighted by atomic mass is 9.81. The molecule has 1 heterocycles. The molecule has 3 heteroatoms. The number of ether oxygens (including phenoxy) is 1. The highest BCUT2D eigenvalue weighted by Gasteiger charge is 2.29. The third kappa shape index (κ3) is 4.87. The SMILES string of the molecule is CCNCC(CC)(CC)CN1CCCOC(C)C1. The largest absolute Gasteiger partial charge is 0.377 e. The smallest absolute Gasteiger partial charge is 0.0673 e. The van der Waals surface area contributed by atoms with Gasteiger partial charge in [-0.25, -0.2) is 0 Å². The Morgan fingerprint density at radius 1 is 1.28 bits per heavy atom. The van der Waals surface area contributed by atoms with Gasteiger partial charge in [0.05, 0.1) is 6.10 Å². The molecule has 1 unspecified atom stereocenters. The van der Waals surface area contributed by atoms with Gasteiger partial charge in [0.2, 0.25) is 0 Å². The number of hydrogen-bond donors (Lipinski definition) is 1. The molecule has 0 bridgehead atoms. The summed E-state index contributed by atoms with van der Waals surface area (Å²) in [6, 6.07) is 0. The number of rotatable bonds is 7. The van der Waals surface area contributed by atoms with Gasteiger partial charge >= 0.3 is 0 Å². The Balaban J connectivity index is 2.57. The van der Waals surface area contributed by atoms with Crippen LogP contribution in [-0.4, -0.2) is 50.3 Å². The molecule has 0 amide bonds. The first kappa shape index (κ1) is 15.9. The molecule has 1 aliphatic heterocycles. The van der Waals surface area contributed by atoms with Crippen LogP contribution in [0.3, 0.4) is 0 Å². The predicted molar refractivity (Wildman–Crippen MR) is 78.0 cm³/mol. The zero-order chi connectivity index (χ0) is 13.4. The second-order valence-electron chi connectivity index (χ2n) is 5.76. The van der Waals surface area contributed by atoms with E-state index >= 15 is 0 Å². The van der Waals surface area contributed by atoms with Gasteiger partial charge in [0.25, 0.3) is 0 Å². The van der Waals surface area contributed by atoms with E-state index in [0.29, 0.717) is 11.5 Å². The van der Waals surface area contributed by atoms with Crippen molar-refractivity contribution in [1.82, 2.24) is 10.2 Å². The van der Waals surface area contributed by atoms with Gasteiger partial charge in [-0.15, -0.1) is 0 Å². The minimum Gasteiger partial charge on any atom is -0.377 e. The Morgan fingerprint density at radius 3 is 2.61 bits per heavy atom. The molecule has 0 spiro atoms. The van der Waals surface area contributed by atoms with Crippen molar-refractivity contribution in [3.05, 3.63) is 0 Å². The zero-order valence-electron chi connectivity index (χ0n) is 12.8. The molecular formula is C15H32N2O. The van der Waals surface area contributed by atoms with Crippen molar-refractivity contribution in [2.24, 2.45) is 5.41 Å². The Hall–Kier alpha value is -0.120. The average Bonchev–Trinajstić information content (AvgIpc) is 2.59. The van der Waals surface area contributed by atoms with E-state index in [1.54, 1.807) is 0 Å². The van der Waals surface area contributed by atoms with E-state index in [2.05, 4.69) is 37.9 Å². The third-order valence-electron chi connectivity index (χ3n) is 4.35. The fraction of sp³-hybridized carbons (Fsp3) is 1.00. The van der Waals surface area contributed by atoms with E-state index in [1.165, 1.54) is 32.4 Å². The second-order valence-corrected chi connectivity index (χ2v) is 5.76. The van der Waals surface area contributed by atoms with Crippen molar-refractivity contribution in [3.63, 3.8) is 0 Å². The quantitative estimate of drug-likeness (QED) is 0.757. The fourth-order valence-corrected chi connectivity index (χ4v) is 2.87. The predicted octanol–water partition coefficient (Wildman–Crippen LogP) is 2.51. The maximum absolute atomic E-state index is 5.74. The van der Waals surface area contributed by atoms with Gasteiger partial charge in [0.15, 0.2) is 0 Å². The van der Waals surface area contributed by atoms with Gasteiger partial charge in [0.1, 0.15) is 0 Å². The van der Waals surface area contributed by atoms with E-state index < -0.39 is 0 Å². The molecule has 3 nitrogen and oxygen atoms in total. The van der Waals surface area contributed by atoms with Gasteiger partial charge in [-0.05, 0) is 38.1 Å². The summed E-state index contributed by atoms with van der Waals surface area (Å²) in [4.78, 5) is 2.61. The normalized spacial score (nSPS) is 23.0. The molecule has 1 saturated heterocycles. The third-order valence-corrected chi connectivity index (χ3v) is 4.35. The Labute approximate surface area is 113 Å². The molecule has 0 saturated carbocycles. The van der Waals surface area contributed by atoms with Crippen LogP contribution in [0.1, 0.15) is 47.0 Å². The van der Waals surface area contributed by atoms with Crippen molar-refractivity contribution < 1.29 is 4.74 Å². The molecular weight excluding hydrogens is 224 g/mol. The Kier molecular flexibility index (Phi) is 7.20. The lowest BCUT2D eigenvalue weighted by Crippen LogP contribution is -2.45. The van der Waals surface area contributed by atoms with Gasteiger partial charge in [-0.2, -0.15) is 0 Å². The summed E-state index contributed by atoms with van der Waals surface area (Å²) in [7, 11) is 0. The molecule has 1 aliphatic rings. The summed E-state index contributed by atoms with van der Waals surface area (Å²) in [5.74, 6) is 0. The van der Waals surface area contributed by atoms with Gasteiger partial charge in [-0.3, -0.25) is 0 Å². The monoisotopic (exact) mass is 256 g/mol. The molecule has 0 aromatic carbocycles. The minimum atomic E-state index is 0.387. The first-order valence-corrected chi connectivity index (χ1v) is 7.70. The summed E-state index contributed by atoms with van der Waals surface area (Å²) in [5, 5.41) is 3.55. The highest BCUT2D eigenvalue weighted by molar-refractivity contribution is 4.84. The molecule has 0 aromatic rings. The summed E-state index contributed by atoms with van der Waals surface area (Å²) in [6.07, 6.45) is 4.07. The van der Waals surface area contributed by atoms with E-state index in [1.807, 2.05) is 0 Å². The van der Waals surface area contributed by atoms with E-state index in [9.17, 15) is 0 Å². The average molecular weight is 256 g/mol. The molecule has 0 radical (unpaired) electrons. The molecule has 108 valence electrons. The highest BCUT2D eigenvalue weighted by Crippen LogP contribution is 2.27. The molecule has 1 fully saturated rings. The number of nitrogens with zero attached hydrogens (tertiary/aromatic N) is 1. The Morgan fingerprint density at radius 2 is 2.00 bits per heavy atom. The van der Waals surface area contributed by atoms with Gasteiger partial charge < -0.3 is 15.0 Å². The van der Waals surface area contributed by atoms with Crippen molar-refractivity contribution in [2.75, 3.05) is 39.3 Å². The standard InChI is InChI=1S/C15H32N2O/c1-5-15(6-2,12-16-7-3)13-17-9-8-10-18-14(4)11-17/h14,16H,5-13H2,1-4H3. The molecule has 18 heavy (non-hydrogen) atoms. The molecule has 1 rings (SSSR count). The second kappa shape index (κ2) is 8.13. The lowest BCUT2D eigenvalue weighted by molar-refractivity contribution is 0.0573. The zero-order valence-corrected chi connectivity index (χ0v) is 12.8. The lowest BCUT2D eigenvalue weighted by Gasteiger charge is -2.37. The van der Waals surface area contributed by atoms with Crippen molar-refractivity contribution in [2.45, 2.75) is 53.1 Å². The molecule has 0 aliphatic carbocycles. The molecule has 1 N–H and O–H groups in total. The van der Waals surface area contributed by atoms with Crippen molar-refractivity contribution in [3.8, 4) is 0 Å². The summed E-state index contributed by atoms with van der Waals surface area (Å²) < 4.78 is 5.74.